The Morgan fingerprint density at radius 1 is 1.08 bits per heavy atom. The number of nitrogens with two attached hydrogens (primary N) is 1. The number of nitrogens with one attached hydrogen (secondary N) is 2. The molecule has 0 saturated carbocycles. The highest BCUT2D eigenvalue weighted by Crippen LogP contribution is 2.35. The first-order chi connectivity index (χ1) is 29.8. The number of aromatic nitrogens is 5. The van der Waals surface area contributed by atoms with Gasteiger partial charge in [0.25, 0.3) is 18.3 Å². The molecule has 2 aliphatic rings. The van der Waals surface area contributed by atoms with Crippen molar-refractivity contribution in [2.24, 2.45) is 5.73 Å². The van der Waals surface area contributed by atoms with E-state index in [4.69, 9.17) is 14.2 Å². The van der Waals surface area contributed by atoms with Crippen LogP contribution in [0.15, 0.2) is 42.9 Å². The first-order valence-corrected chi connectivity index (χ1v) is 20.2. The molecule has 2 fully saturated rings. The van der Waals surface area contributed by atoms with Gasteiger partial charge >= 0.3 is 0 Å². The number of rotatable bonds is 21. The molecule has 6 rings (SSSR count). The zero-order valence-corrected chi connectivity index (χ0v) is 34.9. The zero-order chi connectivity index (χ0) is 44.8. The van der Waals surface area contributed by atoms with Gasteiger partial charge in [-0.3, -0.25) is 29.2 Å². The number of halogens is 4. The molecule has 0 bridgehead atoms. The Morgan fingerprint density at radius 2 is 1.81 bits per heavy atom. The molecule has 3 aromatic heterocycles. The van der Waals surface area contributed by atoms with E-state index in [9.17, 15) is 36.7 Å². The molecule has 1 atom stereocenters. The Bertz CT molecular complexity index is 2140. The summed E-state index contributed by atoms with van der Waals surface area (Å²) in [5.74, 6) is -4.05. The maximum atomic E-state index is 14.0. The van der Waals surface area contributed by atoms with Gasteiger partial charge in [-0.25, -0.2) is 27.1 Å². The summed E-state index contributed by atoms with van der Waals surface area (Å²) in [5, 5.41) is 12.8. The molecule has 338 valence electrons. The van der Waals surface area contributed by atoms with E-state index in [1.165, 1.54) is 50.7 Å². The lowest BCUT2D eigenvalue weighted by Crippen LogP contribution is -2.51. The number of benzene rings is 1. The number of hydrogen-bond acceptors (Lipinski definition) is 13. The fraction of sp³-hybridized carbons (Fsp3) is 0.525. The number of aryl methyl sites for hydroxylation is 1. The summed E-state index contributed by atoms with van der Waals surface area (Å²) in [5.41, 5.74) is 6.00. The maximum Gasteiger partial charge on any atom is 0.284 e. The number of piperidine rings is 2. The van der Waals surface area contributed by atoms with Crippen molar-refractivity contribution in [3.8, 4) is 0 Å². The second-order valence-corrected chi connectivity index (χ2v) is 14.5. The average molecular weight is 876 g/mol. The molecule has 22 heteroatoms. The Hall–Kier alpha value is -5.71. The number of likely N-dealkylation sites (N-methyl/N-ethyl adjacent to an activating group) is 1. The highest BCUT2D eigenvalue weighted by molar-refractivity contribution is 6.08. The van der Waals surface area contributed by atoms with E-state index in [-0.39, 0.29) is 80.2 Å². The van der Waals surface area contributed by atoms with Crippen LogP contribution in [-0.4, -0.2) is 134 Å². The topological polar surface area (TPSA) is 204 Å². The molecule has 2 saturated heterocycles. The van der Waals surface area contributed by atoms with Gasteiger partial charge in [-0.1, -0.05) is 12.1 Å². The van der Waals surface area contributed by atoms with Gasteiger partial charge in [0, 0.05) is 52.5 Å². The summed E-state index contributed by atoms with van der Waals surface area (Å²) in [6.45, 7) is 1.67. The minimum Gasteiger partial charge on any atom is -0.379 e. The SMILES string of the molecule is CN.CN(C=O)c1c(CCCOCCOCCOCCn2cc(NC(=O)c3cnn4ccc(N5CCCC(F)(F)C5)nc34)c(C(F)F)n2)cccc1N(C)C1CCC(=O)NC1=O. The van der Waals surface area contributed by atoms with E-state index in [2.05, 4.69) is 31.5 Å². The van der Waals surface area contributed by atoms with Crippen LogP contribution in [0.25, 0.3) is 5.65 Å². The van der Waals surface area contributed by atoms with Crippen molar-refractivity contribution in [1.82, 2.24) is 29.7 Å². The van der Waals surface area contributed by atoms with Gasteiger partial charge in [0.05, 0.1) is 69.4 Å². The second kappa shape index (κ2) is 22.4. The van der Waals surface area contributed by atoms with Crippen LogP contribution in [0.2, 0.25) is 0 Å². The molecule has 1 aromatic carbocycles. The van der Waals surface area contributed by atoms with E-state index < -0.39 is 36.5 Å². The third-order valence-electron chi connectivity index (χ3n) is 10.2. The number of para-hydroxylation sites is 1. The molecule has 18 nitrogen and oxygen atoms in total. The number of carbonyl (C=O) groups is 4. The summed E-state index contributed by atoms with van der Waals surface area (Å²) in [7, 11) is 4.92. The minimum absolute atomic E-state index is 0.0284. The van der Waals surface area contributed by atoms with Gasteiger partial charge in [-0.15, -0.1) is 0 Å². The molecule has 2 aliphatic heterocycles. The van der Waals surface area contributed by atoms with Gasteiger partial charge in [0.2, 0.25) is 18.2 Å². The number of ether oxygens (including phenoxy) is 3. The van der Waals surface area contributed by atoms with Crippen molar-refractivity contribution < 1.29 is 51.0 Å². The van der Waals surface area contributed by atoms with Crippen molar-refractivity contribution in [1.29, 1.82) is 0 Å². The average Bonchev–Trinajstić information content (AvgIpc) is 3.87. The van der Waals surface area contributed by atoms with Gasteiger partial charge in [0.1, 0.15) is 17.4 Å². The quantitative estimate of drug-likeness (QED) is 0.0476. The summed E-state index contributed by atoms with van der Waals surface area (Å²) in [4.78, 5) is 58.3. The first-order valence-electron chi connectivity index (χ1n) is 20.2. The molecule has 1 unspecified atom stereocenters. The van der Waals surface area contributed by atoms with Gasteiger partial charge in [0.15, 0.2) is 11.3 Å². The van der Waals surface area contributed by atoms with E-state index in [1.54, 1.807) is 19.0 Å². The number of nitrogens with zero attached hydrogens (tertiary/aromatic N) is 8. The summed E-state index contributed by atoms with van der Waals surface area (Å²) in [6.07, 6.45) is 3.66. The van der Waals surface area contributed by atoms with Crippen LogP contribution < -0.4 is 31.1 Å². The van der Waals surface area contributed by atoms with Crippen molar-refractivity contribution in [2.75, 3.05) is 93.9 Å². The molecule has 62 heavy (non-hydrogen) atoms. The number of hydrogen-bond donors (Lipinski definition) is 3. The van der Waals surface area contributed by atoms with Gasteiger partial charge in [-0.2, -0.15) is 10.2 Å². The fourth-order valence-electron chi connectivity index (χ4n) is 7.16. The maximum absolute atomic E-state index is 14.0. The summed E-state index contributed by atoms with van der Waals surface area (Å²) < 4.78 is 75.3. The third-order valence-corrected chi connectivity index (χ3v) is 10.2. The number of amides is 4. The van der Waals surface area contributed by atoms with E-state index >= 15 is 0 Å². The van der Waals surface area contributed by atoms with Crippen molar-refractivity contribution >= 4 is 52.7 Å². The van der Waals surface area contributed by atoms with Crippen LogP contribution in [0.1, 0.15) is 60.1 Å². The lowest BCUT2D eigenvalue weighted by Gasteiger charge is -2.34. The smallest absolute Gasteiger partial charge is 0.284 e. The van der Waals surface area contributed by atoms with E-state index in [1.807, 2.05) is 18.2 Å². The molecular weight excluding hydrogens is 823 g/mol. The molecule has 0 aliphatic carbocycles. The number of carbonyl (C=O) groups excluding carboxylic acids is 4. The van der Waals surface area contributed by atoms with Crippen molar-refractivity contribution in [2.45, 2.75) is 63.5 Å². The van der Waals surface area contributed by atoms with Gasteiger partial charge in [-0.05, 0) is 50.4 Å². The summed E-state index contributed by atoms with van der Waals surface area (Å²) >= 11 is 0. The molecule has 4 aromatic rings. The molecule has 0 spiro atoms. The summed E-state index contributed by atoms with van der Waals surface area (Å²) in [6, 6.07) is 6.61. The Kier molecular flexibility index (Phi) is 17.1. The molecule has 0 radical (unpaired) electrons. The highest BCUT2D eigenvalue weighted by Gasteiger charge is 2.36. The van der Waals surface area contributed by atoms with E-state index in [0.29, 0.717) is 63.4 Å². The normalized spacial score (nSPS) is 16.2. The lowest BCUT2D eigenvalue weighted by molar-refractivity contribution is -0.134. The molecule has 4 amide bonds. The predicted molar refractivity (Wildman–Crippen MR) is 221 cm³/mol. The molecule has 5 heterocycles. The Morgan fingerprint density at radius 3 is 2.50 bits per heavy atom. The number of imide groups is 1. The number of fused-ring (bicyclic) bond motifs is 1. The van der Waals surface area contributed by atoms with Crippen molar-refractivity contribution in [3.63, 3.8) is 0 Å². The Balaban J connectivity index is 0.00000358. The standard InChI is InChI=1S/C39H48F4N10O7.CH5N/c1-49(25-54)34-26(6-3-8-29(34)50(2)30-9-10-32(55)47-38(30)57)7-4-16-58-18-20-60-21-19-59-17-15-52-23-28(33(48-52)35(40)41)45-37(56)27-22-44-53-14-11-31(46-36(27)53)51-13-5-12-39(42,43)24-51;1-2/h3,6,8,11,14,22-23,25,30,35H,4-5,7,9-10,12-13,15-21,24H2,1-2H3,(H,45,56)(H,47,55,57);2H2,1H3. The third kappa shape index (κ3) is 12.2. The second-order valence-electron chi connectivity index (χ2n) is 14.5. The molecular formula is C40H53F4N11O7. The Labute approximate surface area is 355 Å². The monoisotopic (exact) mass is 875 g/mol. The van der Waals surface area contributed by atoms with Crippen molar-refractivity contribution in [3.05, 3.63) is 59.7 Å². The van der Waals surface area contributed by atoms with Crippen LogP contribution >= 0.6 is 0 Å². The fourth-order valence-corrected chi connectivity index (χ4v) is 7.16. The largest absolute Gasteiger partial charge is 0.379 e. The predicted octanol–water partition coefficient (Wildman–Crippen LogP) is 3.44. The highest BCUT2D eigenvalue weighted by atomic mass is 19.3. The van der Waals surface area contributed by atoms with Crippen LogP contribution in [0.4, 0.5) is 40.4 Å². The minimum atomic E-state index is -2.99. The first kappa shape index (κ1) is 47.3. The number of alkyl halides is 4. The lowest BCUT2D eigenvalue weighted by atomic mass is 10.0. The van der Waals surface area contributed by atoms with Crippen LogP contribution in [-0.2, 0) is 41.6 Å². The van der Waals surface area contributed by atoms with Crippen LogP contribution in [0, 0.1) is 0 Å². The van der Waals surface area contributed by atoms with Gasteiger partial charge < -0.3 is 40.0 Å². The van der Waals surface area contributed by atoms with E-state index in [0.717, 1.165) is 5.56 Å². The van der Waals surface area contributed by atoms with Crippen LogP contribution in [0.5, 0.6) is 0 Å². The number of anilines is 4. The zero-order valence-electron chi connectivity index (χ0n) is 34.9. The molecule has 4 N–H and O–H groups in total. The van der Waals surface area contributed by atoms with Crippen LogP contribution in [0.3, 0.4) is 0 Å².